The Morgan fingerprint density at radius 2 is 2.37 bits per heavy atom. The number of nitrogens with zero attached hydrogens (tertiary/aromatic N) is 1. The van der Waals surface area contributed by atoms with E-state index in [1.807, 2.05) is 0 Å². The van der Waals surface area contributed by atoms with Crippen molar-refractivity contribution in [2.75, 3.05) is 13.2 Å². The minimum Gasteiger partial charge on any atom is -0.477 e. The van der Waals surface area contributed by atoms with Gasteiger partial charge in [-0.05, 0) is 18.9 Å². The molecule has 2 atom stereocenters. The number of aliphatic hydroxyl groups excluding tert-OH is 1. The molecule has 3 rings (SSSR count). The summed E-state index contributed by atoms with van der Waals surface area (Å²) < 4.78 is 19.0. The second-order valence-electron chi connectivity index (χ2n) is 5.05. The summed E-state index contributed by atoms with van der Waals surface area (Å²) in [6, 6.07) is 4.61. The molecule has 1 N–H and O–H groups in total. The lowest BCUT2D eigenvalue weighted by Gasteiger charge is -2.25. The largest absolute Gasteiger partial charge is 0.477 e. The molecule has 5 heteroatoms. The van der Waals surface area contributed by atoms with Crippen LogP contribution in [0.3, 0.4) is 0 Å². The molecule has 0 saturated carbocycles. The number of halogens is 1. The molecule has 1 fully saturated rings. The summed E-state index contributed by atoms with van der Waals surface area (Å²) in [6.07, 6.45) is 1.46. The summed E-state index contributed by atoms with van der Waals surface area (Å²) in [6.45, 7) is 0.614. The van der Waals surface area contributed by atoms with Gasteiger partial charge in [0.25, 0.3) is 5.91 Å². The van der Waals surface area contributed by atoms with E-state index in [4.69, 9.17) is 4.74 Å². The molecule has 1 amide bonds. The number of para-hydroxylation sites is 1. The van der Waals surface area contributed by atoms with E-state index in [-0.39, 0.29) is 24.3 Å². The molecule has 2 heterocycles. The third kappa shape index (κ3) is 2.08. The Labute approximate surface area is 110 Å². The fraction of sp³-hybridized carbons (Fsp3) is 0.500. The highest BCUT2D eigenvalue weighted by Crippen LogP contribution is 2.33. The molecule has 0 aliphatic carbocycles. The van der Waals surface area contributed by atoms with Gasteiger partial charge in [-0.2, -0.15) is 0 Å². The van der Waals surface area contributed by atoms with E-state index in [1.165, 1.54) is 6.07 Å². The number of ether oxygens (including phenoxy) is 1. The van der Waals surface area contributed by atoms with Crippen LogP contribution in [0.1, 0.15) is 18.4 Å². The highest BCUT2D eigenvalue weighted by molar-refractivity contribution is 5.83. The van der Waals surface area contributed by atoms with Gasteiger partial charge >= 0.3 is 0 Å². The van der Waals surface area contributed by atoms with Gasteiger partial charge in [-0.3, -0.25) is 4.79 Å². The highest BCUT2D eigenvalue weighted by Gasteiger charge is 2.37. The Balaban J connectivity index is 1.76. The zero-order chi connectivity index (χ0) is 13.4. The predicted octanol–water partition coefficient (Wildman–Crippen LogP) is 1.11. The van der Waals surface area contributed by atoms with E-state index in [2.05, 4.69) is 0 Å². The van der Waals surface area contributed by atoms with Gasteiger partial charge in [0.2, 0.25) is 0 Å². The molecule has 0 spiro atoms. The van der Waals surface area contributed by atoms with E-state index in [0.717, 1.165) is 18.4 Å². The van der Waals surface area contributed by atoms with Gasteiger partial charge in [-0.15, -0.1) is 0 Å². The van der Waals surface area contributed by atoms with Crippen LogP contribution in [0, 0.1) is 5.82 Å². The molecular weight excluding hydrogens is 249 g/mol. The topological polar surface area (TPSA) is 49.8 Å². The van der Waals surface area contributed by atoms with Crippen LogP contribution >= 0.6 is 0 Å². The third-order valence-electron chi connectivity index (χ3n) is 3.86. The van der Waals surface area contributed by atoms with Crippen molar-refractivity contribution in [3.8, 4) is 5.75 Å². The molecule has 0 radical (unpaired) electrons. The van der Waals surface area contributed by atoms with E-state index >= 15 is 0 Å². The standard InChI is InChI=1S/C14H16FNO3/c15-11-5-1-3-9-7-12(19-13(9)11)14(18)16-6-2-4-10(16)8-17/h1,3,5,10,12,17H,2,4,6-8H2/t10-,12?/m1/s1. The number of fused-ring (bicyclic) bond motifs is 1. The minimum atomic E-state index is -0.654. The smallest absolute Gasteiger partial charge is 0.264 e. The molecule has 2 aliphatic rings. The van der Waals surface area contributed by atoms with Crippen LogP contribution in [-0.2, 0) is 11.2 Å². The summed E-state index contributed by atoms with van der Waals surface area (Å²) in [5, 5.41) is 9.25. The molecule has 19 heavy (non-hydrogen) atoms. The Morgan fingerprint density at radius 1 is 1.53 bits per heavy atom. The third-order valence-corrected chi connectivity index (χ3v) is 3.86. The Hall–Kier alpha value is -1.62. The Kier molecular flexibility index (Phi) is 3.14. The van der Waals surface area contributed by atoms with Gasteiger partial charge < -0.3 is 14.7 Å². The van der Waals surface area contributed by atoms with Crippen molar-refractivity contribution >= 4 is 5.91 Å². The maximum atomic E-state index is 13.6. The zero-order valence-electron chi connectivity index (χ0n) is 10.5. The summed E-state index contributed by atoms with van der Waals surface area (Å²) in [7, 11) is 0. The lowest BCUT2D eigenvalue weighted by molar-refractivity contribution is -0.139. The first kappa shape index (κ1) is 12.4. The fourth-order valence-electron chi connectivity index (χ4n) is 2.87. The van der Waals surface area contributed by atoms with Gasteiger partial charge in [0.1, 0.15) is 0 Å². The minimum absolute atomic E-state index is 0.0280. The fourth-order valence-corrected chi connectivity index (χ4v) is 2.87. The maximum Gasteiger partial charge on any atom is 0.264 e. The number of carbonyl (C=O) groups excluding carboxylic acids is 1. The summed E-state index contributed by atoms with van der Waals surface area (Å²) in [4.78, 5) is 14.0. The normalized spacial score (nSPS) is 25.3. The van der Waals surface area contributed by atoms with Crippen molar-refractivity contribution < 1.29 is 19.0 Å². The van der Waals surface area contributed by atoms with Gasteiger partial charge in [-0.1, -0.05) is 12.1 Å². The first-order chi connectivity index (χ1) is 9.20. The van der Waals surface area contributed by atoms with E-state index in [0.29, 0.717) is 13.0 Å². The number of hydrogen-bond acceptors (Lipinski definition) is 3. The number of aliphatic hydroxyl groups is 1. The number of carbonyl (C=O) groups is 1. The van der Waals surface area contributed by atoms with Crippen molar-refractivity contribution in [1.29, 1.82) is 0 Å². The van der Waals surface area contributed by atoms with Crippen molar-refractivity contribution in [3.63, 3.8) is 0 Å². The number of benzene rings is 1. The molecule has 1 unspecified atom stereocenters. The van der Waals surface area contributed by atoms with Gasteiger partial charge in [-0.25, -0.2) is 4.39 Å². The molecule has 1 saturated heterocycles. The maximum absolute atomic E-state index is 13.6. The summed E-state index contributed by atoms with van der Waals surface area (Å²) in [5.41, 5.74) is 0.734. The number of hydrogen-bond donors (Lipinski definition) is 1. The van der Waals surface area contributed by atoms with Crippen molar-refractivity contribution in [3.05, 3.63) is 29.6 Å². The molecule has 0 bridgehead atoms. The average Bonchev–Trinajstić information content (AvgIpc) is 3.04. The molecule has 2 aliphatic heterocycles. The van der Waals surface area contributed by atoms with E-state index < -0.39 is 11.9 Å². The average molecular weight is 265 g/mol. The van der Waals surface area contributed by atoms with Crippen LogP contribution in [-0.4, -0.2) is 41.2 Å². The van der Waals surface area contributed by atoms with Crippen LogP contribution in [0.25, 0.3) is 0 Å². The number of rotatable bonds is 2. The van der Waals surface area contributed by atoms with Crippen LogP contribution in [0.4, 0.5) is 4.39 Å². The van der Waals surface area contributed by atoms with E-state index in [9.17, 15) is 14.3 Å². The van der Waals surface area contributed by atoms with Crippen LogP contribution in [0.15, 0.2) is 18.2 Å². The monoisotopic (exact) mass is 265 g/mol. The van der Waals surface area contributed by atoms with Gasteiger partial charge in [0.15, 0.2) is 17.7 Å². The summed E-state index contributed by atoms with van der Waals surface area (Å²) >= 11 is 0. The molecular formula is C14H16FNO3. The molecule has 0 aromatic heterocycles. The second kappa shape index (κ2) is 4.81. The zero-order valence-corrected chi connectivity index (χ0v) is 10.5. The number of likely N-dealkylation sites (tertiary alicyclic amines) is 1. The molecule has 1 aromatic rings. The molecule has 102 valence electrons. The van der Waals surface area contributed by atoms with Gasteiger partial charge in [0, 0.05) is 18.5 Å². The first-order valence-electron chi connectivity index (χ1n) is 6.56. The van der Waals surface area contributed by atoms with Crippen LogP contribution in [0.2, 0.25) is 0 Å². The highest BCUT2D eigenvalue weighted by atomic mass is 19.1. The lowest BCUT2D eigenvalue weighted by Crippen LogP contribution is -2.45. The Bertz CT molecular complexity index is 505. The van der Waals surface area contributed by atoms with Crippen molar-refractivity contribution in [1.82, 2.24) is 4.90 Å². The van der Waals surface area contributed by atoms with E-state index in [1.54, 1.807) is 17.0 Å². The molecule has 1 aromatic carbocycles. The SMILES string of the molecule is O=C(C1Cc2cccc(F)c2O1)N1CCC[C@@H]1CO. The van der Waals surface area contributed by atoms with Gasteiger partial charge in [0.05, 0.1) is 12.6 Å². The quantitative estimate of drug-likeness (QED) is 0.871. The lowest BCUT2D eigenvalue weighted by atomic mass is 10.1. The predicted molar refractivity (Wildman–Crippen MR) is 66.3 cm³/mol. The second-order valence-corrected chi connectivity index (χ2v) is 5.05. The van der Waals surface area contributed by atoms with Crippen molar-refractivity contribution in [2.45, 2.75) is 31.4 Å². The summed E-state index contributed by atoms with van der Waals surface area (Å²) in [5.74, 6) is -0.374. The first-order valence-corrected chi connectivity index (χ1v) is 6.56. The van der Waals surface area contributed by atoms with Crippen LogP contribution < -0.4 is 4.74 Å². The van der Waals surface area contributed by atoms with Crippen molar-refractivity contribution in [2.24, 2.45) is 0 Å². The Morgan fingerprint density at radius 3 is 3.11 bits per heavy atom. The van der Waals surface area contributed by atoms with Crippen LogP contribution in [0.5, 0.6) is 5.75 Å². The number of amides is 1. The molecule has 4 nitrogen and oxygen atoms in total.